The van der Waals surface area contributed by atoms with Gasteiger partial charge in [-0.2, -0.15) is 13.2 Å². The van der Waals surface area contributed by atoms with Crippen molar-refractivity contribution in [3.8, 4) is 0 Å². The highest BCUT2D eigenvalue weighted by molar-refractivity contribution is 7.11. The number of amides is 1. The number of carbonyl (C=O) groups is 2. The highest BCUT2D eigenvalue weighted by atomic mass is 32.1. The maximum absolute atomic E-state index is 12.2. The number of nitrogens with zero attached hydrogens (tertiary/aromatic N) is 2. The predicted molar refractivity (Wildman–Crippen MR) is 98.9 cm³/mol. The number of alkyl halides is 3. The number of piperidine rings is 1. The summed E-state index contributed by atoms with van der Waals surface area (Å²) in [6.45, 7) is 7.71. The second kappa shape index (κ2) is 8.41. The molecule has 0 spiro atoms. The first kappa shape index (κ1) is 21.1. The fourth-order valence-corrected chi connectivity index (χ4v) is 5.19. The molecule has 156 valence electrons. The third-order valence-corrected chi connectivity index (χ3v) is 6.72. The van der Waals surface area contributed by atoms with Crippen molar-refractivity contribution in [3.63, 3.8) is 0 Å². The molecule has 28 heavy (non-hydrogen) atoms. The van der Waals surface area contributed by atoms with Gasteiger partial charge in [0.15, 0.2) is 0 Å². The van der Waals surface area contributed by atoms with Gasteiger partial charge in [0.1, 0.15) is 0 Å². The lowest BCUT2D eigenvalue weighted by molar-refractivity contribution is -0.192. The number of aryl methyl sites for hydroxylation is 1. The normalized spacial score (nSPS) is 26.6. The number of hydrogen-bond donors (Lipinski definition) is 1. The fraction of sp³-hybridized carbons (Fsp3) is 0.684. The van der Waals surface area contributed by atoms with Crippen LogP contribution in [-0.2, 0) is 16.1 Å². The molecule has 3 fully saturated rings. The van der Waals surface area contributed by atoms with E-state index in [1.807, 2.05) is 11.3 Å². The molecule has 1 saturated carbocycles. The van der Waals surface area contributed by atoms with Gasteiger partial charge in [0.25, 0.3) is 0 Å². The first-order chi connectivity index (χ1) is 13.1. The average Bonchev–Trinajstić information content (AvgIpc) is 3.12. The van der Waals surface area contributed by atoms with Gasteiger partial charge in [-0.15, -0.1) is 11.3 Å². The van der Waals surface area contributed by atoms with Crippen molar-refractivity contribution >= 4 is 23.2 Å². The Morgan fingerprint density at radius 2 is 1.75 bits per heavy atom. The molecular weight excluding hydrogens is 393 g/mol. The van der Waals surface area contributed by atoms with Gasteiger partial charge in [-0.25, -0.2) is 4.79 Å². The Bertz CT molecular complexity index is 704. The van der Waals surface area contributed by atoms with Crippen LogP contribution in [-0.4, -0.2) is 59.1 Å². The molecule has 0 bridgehead atoms. The maximum Gasteiger partial charge on any atom is 0.490 e. The van der Waals surface area contributed by atoms with E-state index in [2.05, 4.69) is 28.9 Å². The first-order valence-corrected chi connectivity index (χ1v) is 10.3. The maximum atomic E-state index is 12.2. The van der Waals surface area contributed by atoms with Crippen LogP contribution >= 0.6 is 11.3 Å². The molecule has 3 atom stereocenters. The fourth-order valence-electron chi connectivity index (χ4n) is 4.26. The zero-order valence-electron chi connectivity index (χ0n) is 15.7. The molecular formula is C19H25F3N2O3S. The third-order valence-electron chi connectivity index (χ3n) is 5.73. The number of hydrogen-bond acceptors (Lipinski definition) is 4. The molecule has 2 aliphatic heterocycles. The third kappa shape index (κ3) is 5.26. The molecule has 0 aromatic carbocycles. The molecule has 9 heteroatoms. The summed E-state index contributed by atoms with van der Waals surface area (Å²) in [5.41, 5.74) is 0. The largest absolute Gasteiger partial charge is 0.490 e. The summed E-state index contributed by atoms with van der Waals surface area (Å²) in [6, 6.07) is 4.48. The first-order valence-electron chi connectivity index (χ1n) is 9.50. The van der Waals surface area contributed by atoms with Gasteiger partial charge in [0, 0.05) is 48.9 Å². The quantitative estimate of drug-likeness (QED) is 0.815. The Balaban J connectivity index is 0.000000279. The van der Waals surface area contributed by atoms with E-state index < -0.39 is 12.1 Å². The molecule has 1 unspecified atom stereocenters. The summed E-state index contributed by atoms with van der Waals surface area (Å²) in [5.74, 6) is -0.0329. The zero-order chi connectivity index (χ0) is 20.5. The van der Waals surface area contributed by atoms with Crippen molar-refractivity contribution in [3.05, 3.63) is 21.9 Å². The summed E-state index contributed by atoms with van der Waals surface area (Å²) in [7, 11) is 0. The van der Waals surface area contributed by atoms with Gasteiger partial charge < -0.3 is 10.0 Å². The van der Waals surface area contributed by atoms with Crippen LogP contribution in [0.1, 0.15) is 29.0 Å². The van der Waals surface area contributed by atoms with Gasteiger partial charge in [0.2, 0.25) is 5.91 Å². The smallest absolute Gasteiger partial charge is 0.475 e. The van der Waals surface area contributed by atoms with Gasteiger partial charge in [-0.1, -0.05) is 0 Å². The number of rotatable bonds is 4. The van der Waals surface area contributed by atoms with E-state index in [4.69, 9.17) is 9.90 Å². The van der Waals surface area contributed by atoms with Crippen LogP contribution < -0.4 is 0 Å². The van der Waals surface area contributed by atoms with Crippen LogP contribution in [0.4, 0.5) is 13.2 Å². The molecule has 2 saturated heterocycles. The summed E-state index contributed by atoms with van der Waals surface area (Å²) in [5, 5.41) is 7.12. The van der Waals surface area contributed by atoms with Crippen LogP contribution in [0, 0.1) is 24.7 Å². The predicted octanol–water partition coefficient (Wildman–Crippen LogP) is 3.38. The molecule has 3 aliphatic rings. The number of fused-ring (bicyclic) bond motifs is 1. The lowest BCUT2D eigenvalue weighted by atomic mass is 10.1. The van der Waals surface area contributed by atoms with Crippen molar-refractivity contribution in [2.24, 2.45) is 17.8 Å². The number of likely N-dealkylation sites (tertiary alicyclic amines) is 2. The molecule has 1 amide bonds. The highest BCUT2D eigenvalue weighted by Crippen LogP contribution is 2.54. The highest BCUT2D eigenvalue weighted by Gasteiger charge is 2.56. The molecule has 5 nitrogen and oxygen atoms in total. The lowest BCUT2D eigenvalue weighted by Crippen LogP contribution is -2.29. The minimum Gasteiger partial charge on any atom is -0.475 e. The van der Waals surface area contributed by atoms with Crippen molar-refractivity contribution in [1.82, 2.24) is 9.80 Å². The van der Waals surface area contributed by atoms with Gasteiger partial charge >= 0.3 is 12.1 Å². The van der Waals surface area contributed by atoms with Crippen LogP contribution in [0.2, 0.25) is 0 Å². The van der Waals surface area contributed by atoms with E-state index in [0.29, 0.717) is 11.8 Å². The zero-order valence-corrected chi connectivity index (χ0v) is 16.6. The Morgan fingerprint density at radius 3 is 2.21 bits per heavy atom. The summed E-state index contributed by atoms with van der Waals surface area (Å²) < 4.78 is 31.7. The number of carboxylic acids is 1. The SMILES string of the molecule is Cc1ccc(CN2C[C@@H]3C(CC(=O)N4CCCC4)[C@@H]3C2)s1.O=C(O)C(F)(F)F. The molecule has 3 heterocycles. The topological polar surface area (TPSA) is 60.9 Å². The average molecular weight is 418 g/mol. The summed E-state index contributed by atoms with van der Waals surface area (Å²) in [4.78, 5) is 28.7. The number of carbonyl (C=O) groups excluding carboxylic acids is 1. The van der Waals surface area contributed by atoms with Crippen molar-refractivity contribution in [2.45, 2.75) is 38.9 Å². The monoisotopic (exact) mass is 418 g/mol. The van der Waals surface area contributed by atoms with E-state index in [-0.39, 0.29) is 0 Å². The number of carboxylic acid groups (broad SMARTS) is 1. The van der Waals surface area contributed by atoms with Crippen LogP contribution in [0.15, 0.2) is 12.1 Å². The van der Waals surface area contributed by atoms with Gasteiger partial charge in [-0.3, -0.25) is 9.69 Å². The van der Waals surface area contributed by atoms with Crippen LogP contribution in [0.5, 0.6) is 0 Å². The van der Waals surface area contributed by atoms with Gasteiger partial charge in [-0.05, 0) is 49.7 Å². The number of aliphatic carboxylic acids is 1. The van der Waals surface area contributed by atoms with Crippen molar-refractivity contribution in [2.75, 3.05) is 26.2 Å². The molecule has 0 radical (unpaired) electrons. The Hall–Kier alpha value is -1.61. The Morgan fingerprint density at radius 1 is 1.18 bits per heavy atom. The van der Waals surface area contributed by atoms with Gasteiger partial charge in [0.05, 0.1) is 0 Å². The lowest BCUT2D eigenvalue weighted by Gasteiger charge is -2.20. The molecule has 1 aliphatic carbocycles. The minimum absolute atomic E-state index is 0.423. The van der Waals surface area contributed by atoms with E-state index >= 15 is 0 Å². The van der Waals surface area contributed by atoms with Crippen molar-refractivity contribution in [1.29, 1.82) is 0 Å². The van der Waals surface area contributed by atoms with E-state index in [9.17, 15) is 18.0 Å². The van der Waals surface area contributed by atoms with Crippen LogP contribution in [0.25, 0.3) is 0 Å². The van der Waals surface area contributed by atoms with Crippen molar-refractivity contribution < 1.29 is 27.9 Å². The number of thiophene rings is 1. The van der Waals surface area contributed by atoms with E-state index in [1.165, 1.54) is 35.7 Å². The minimum atomic E-state index is -5.08. The summed E-state index contributed by atoms with van der Waals surface area (Å²) in [6.07, 6.45) is -1.85. The van der Waals surface area contributed by atoms with E-state index in [1.54, 1.807) is 0 Å². The standard InChI is InChI=1S/C17H24N2OS.C2HF3O2/c1-12-4-5-13(21-12)9-18-10-15-14(16(15)11-18)8-17(20)19-6-2-3-7-19;3-2(4,5)1(6)7/h4-5,14-16H,2-3,6-11H2,1H3;(H,6,7)/t14?,15-,16+;. The van der Waals surface area contributed by atoms with Crippen LogP contribution in [0.3, 0.4) is 0 Å². The Labute approximate surface area is 166 Å². The molecule has 4 rings (SSSR count). The van der Waals surface area contributed by atoms with E-state index in [0.717, 1.165) is 37.9 Å². The molecule has 1 aromatic heterocycles. The second-order valence-corrected chi connectivity index (χ2v) is 9.17. The molecule has 1 aromatic rings. The molecule has 1 N–H and O–H groups in total. The summed E-state index contributed by atoms with van der Waals surface area (Å²) >= 11 is 1.92. The number of halogens is 3. The Kier molecular flexibility index (Phi) is 6.34. The second-order valence-electron chi connectivity index (χ2n) is 7.79.